The Morgan fingerprint density at radius 2 is 2.27 bits per heavy atom. The highest BCUT2D eigenvalue weighted by Crippen LogP contribution is 2.35. The maximum Gasteiger partial charge on any atom is 0.264 e. The number of hydrogen-bond donors (Lipinski definition) is 2. The molecule has 0 amide bonds. The molecule has 15 heavy (non-hydrogen) atoms. The third-order valence-corrected chi connectivity index (χ3v) is 3.08. The molecular formula is C8H17FNO4P. The third-order valence-electron chi connectivity index (χ3n) is 2.30. The Kier molecular flexibility index (Phi) is 4.26. The zero-order valence-electron chi connectivity index (χ0n) is 9.01. The maximum atomic E-state index is 13.6. The van der Waals surface area contributed by atoms with Crippen molar-refractivity contribution in [1.29, 1.82) is 0 Å². The molecule has 7 heteroatoms. The fourth-order valence-corrected chi connectivity index (χ4v) is 2.53. The zero-order chi connectivity index (χ0) is 11.6. The number of methoxy groups -OCH3 is 1. The van der Waals surface area contributed by atoms with Crippen LogP contribution in [0.1, 0.15) is 6.92 Å². The van der Waals surface area contributed by atoms with E-state index in [-0.39, 0.29) is 6.61 Å². The van der Waals surface area contributed by atoms with Crippen molar-refractivity contribution in [3.63, 3.8) is 0 Å². The molecule has 0 aromatic heterocycles. The Balaban J connectivity index is 2.68. The Morgan fingerprint density at radius 1 is 1.67 bits per heavy atom. The molecule has 0 spiro atoms. The van der Waals surface area contributed by atoms with Gasteiger partial charge in [0.1, 0.15) is 6.17 Å². The van der Waals surface area contributed by atoms with Crippen LogP contribution in [0.4, 0.5) is 4.39 Å². The minimum absolute atomic E-state index is 0.197. The van der Waals surface area contributed by atoms with Crippen LogP contribution in [0.2, 0.25) is 0 Å². The highest BCUT2D eigenvalue weighted by atomic mass is 31.2. The van der Waals surface area contributed by atoms with Crippen molar-refractivity contribution >= 4 is 7.52 Å². The molecular weight excluding hydrogens is 224 g/mol. The number of halogens is 1. The van der Waals surface area contributed by atoms with Gasteiger partial charge in [-0.25, -0.2) is 9.48 Å². The van der Waals surface area contributed by atoms with E-state index in [1.54, 1.807) is 6.92 Å². The molecule has 2 N–H and O–H groups in total. The normalized spacial score (nSPS) is 40.3. The molecule has 1 saturated heterocycles. The van der Waals surface area contributed by atoms with Crippen molar-refractivity contribution in [2.45, 2.75) is 31.3 Å². The lowest BCUT2D eigenvalue weighted by Gasteiger charge is -2.21. The molecule has 1 aliphatic heterocycles. The first-order valence-corrected chi connectivity index (χ1v) is 6.82. The van der Waals surface area contributed by atoms with Gasteiger partial charge in [-0.05, 0) is 6.92 Å². The van der Waals surface area contributed by atoms with Crippen LogP contribution < -0.4 is 5.09 Å². The lowest BCUT2D eigenvalue weighted by Crippen LogP contribution is -2.42. The van der Waals surface area contributed by atoms with Crippen LogP contribution in [0.5, 0.6) is 0 Å². The van der Waals surface area contributed by atoms with Gasteiger partial charge < -0.3 is 14.4 Å². The average molecular weight is 241 g/mol. The third kappa shape index (κ3) is 3.50. The Morgan fingerprint density at radius 3 is 2.73 bits per heavy atom. The van der Waals surface area contributed by atoms with Gasteiger partial charge in [0.15, 0.2) is 0 Å². The van der Waals surface area contributed by atoms with Gasteiger partial charge in [-0.2, -0.15) is 0 Å². The van der Waals surface area contributed by atoms with Crippen molar-refractivity contribution in [3.05, 3.63) is 0 Å². The van der Waals surface area contributed by atoms with Gasteiger partial charge in [0, 0.05) is 13.8 Å². The summed E-state index contributed by atoms with van der Waals surface area (Å²) in [6.07, 6.45) is -2.42. The topological polar surface area (TPSA) is 67.8 Å². The molecule has 90 valence electrons. The summed E-state index contributed by atoms with van der Waals surface area (Å²) in [6.45, 7) is 2.92. The first kappa shape index (κ1) is 13.1. The van der Waals surface area contributed by atoms with Gasteiger partial charge in [-0.1, -0.05) is 0 Å². The number of nitrogens with one attached hydrogen (secondary N) is 1. The zero-order valence-corrected chi connectivity index (χ0v) is 9.91. The summed E-state index contributed by atoms with van der Waals surface area (Å²) >= 11 is 0. The summed E-state index contributed by atoms with van der Waals surface area (Å²) in [6, 6.07) is -0.791. The molecule has 0 bridgehead atoms. The van der Waals surface area contributed by atoms with Gasteiger partial charge in [0.2, 0.25) is 0 Å². The fraction of sp³-hybridized carbons (Fsp3) is 1.00. The van der Waals surface area contributed by atoms with Crippen LogP contribution in [-0.2, 0) is 14.0 Å². The first-order chi connectivity index (χ1) is 6.85. The van der Waals surface area contributed by atoms with Crippen LogP contribution in [0.15, 0.2) is 0 Å². The molecule has 0 saturated carbocycles. The summed E-state index contributed by atoms with van der Waals surface area (Å²) in [5.74, 6) is 0. The average Bonchev–Trinajstić information content (AvgIpc) is 2.32. The molecule has 2 unspecified atom stereocenters. The van der Waals surface area contributed by atoms with E-state index in [4.69, 9.17) is 14.4 Å². The SMILES string of the molecule is COC[C@H]1O[C@@H](C)C(F)[C@H]1NP(C)(=O)O. The van der Waals surface area contributed by atoms with Gasteiger partial charge in [-0.3, -0.25) is 4.57 Å². The predicted molar refractivity (Wildman–Crippen MR) is 53.8 cm³/mol. The van der Waals surface area contributed by atoms with Crippen molar-refractivity contribution in [1.82, 2.24) is 5.09 Å². The van der Waals surface area contributed by atoms with Gasteiger partial charge in [-0.15, -0.1) is 0 Å². The quantitative estimate of drug-likeness (QED) is 0.703. The van der Waals surface area contributed by atoms with Gasteiger partial charge in [0.25, 0.3) is 7.52 Å². The minimum Gasteiger partial charge on any atom is -0.382 e. The van der Waals surface area contributed by atoms with E-state index in [0.717, 1.165) is 6.66 Å². The second-order valence-electron chi connectivity index (χ2n) is 3.81. The van der Waals surface area contributed by atoms with E-state index in [9.17, 15) is 8.96 Å². The Labute approximate surface area is 88.5 Å². The van der Waals surface area contributed by atoms with E-state index >= 15 is 0 Å². The fourth-order valence-electron chi connectivity index (χ4n) is 1.67. The lowest BCUT2D eigenvalue weighted by molar-refractivity contribution is -0.00468. The molecule has 0 aromatic carbocycles. The summed E-state index contributed by atoms with van der Waals surface area (Å²) < 4.78 is 34.9. The largest absolute Gasteiger partial charge is 0.382 e. The molecule has 1 aliphatic rings. The van der Waals surface area contributed by atoms with E-state index in [0.29, 0.717) is 0 Å². The molecule has 5 atom stereocenters. The van der Waals surface area contributed by atoms with Crippen LogP contribution in [-0.4, -0.2) is 49.7 Å². The summed E-state index contributed by atoms with van der Waals surface area (Å²) in [5.41, 5.74) is 0. The summed E-state index contributed by atoms with van der Waals surface area (Å²) in [5, 5.41) is 2.36. The van der Waals surface area contributed by atoms with E-state index in [1.807, 2.05) is 0 Å². The number of rotatable bonds is 4. The van der Waals surface area contributed by atoms with Crippen molar-refractivity contribution in [2.75, 3.05) is 20.4 Å². The van der Waals surface area contributed by atoms with Crippen molar-refractivity contribution in [3.8, 4) is 0 Å². The highest BCUT2D eigenvalue weighted by molar-refractivity contribution is 7.55. The van der Waals surface area contributed by atoms with Crippen LogP contribution in [0.25, 0.3) is 0 Å². The van der Waals surface area contributed by atoms with Crippen LogP contribution in [0, 0.1) is 0 Å². The van der Waals surface area contributed by atoms with Crippen LogP contribution in [0.3, 0.4) is 0 Å². The van der Waals surface area contributed by atoms with Crippen LogP contribution >= 0.6 is 7.52 Å². The molecule has 0 aromatic rings. The molecule has 1 fully saturated rings. The monoisotopic (exact) mass is 241 g/mol. The second kappa shape index (κ2) is 4.89. The molecule has 1 heterocycles. The lowest BCUT2D eigenvalue weighted by atomic mass is 10.1. The minimum atomic E-state index is -3.47. The van der Waals surface area contributed by atoms with E-state index in [1.165, 1.54) is 7.11 Å². The standard InChI is InChI=1S/C8H17FNO4P/c1-5-7(9)8(10-15(3,11)12)6(14-5)4-13-2/h5-8H,4H2,1-3H3,(H2,10,11,12)/t5-,6+,7?,8-/m0/s1. The smallest absolute Gasteiger partial charge is 0.264 e. The molecule has 1 rings (SSSR count). The number of alkyl halides is 1. The summed E-state index contributed by atoms with van der Waals surface area (Å²) in [4.78, 5) is 9.15. The Hall–Kier alpha value is -0.0000000000000000486. The first-order valence-electron chi connectivity index (χ1n) is 4.71. The predicted octanol–water partition coefficient (Wildman–Crippen LogP) is 0.532. The van der Waals surface area contributed by atoms with Crippen molar-refractivity contribution in [2.24, 2.45) is 0 Å². The highest BCUT2D eigenvalue weighted by Gasteiger charge is 2.44. The Bertz CT molecular complexity index is 259. The number of ether oxygens (including phenoxy) is 2. The maximum absolute atomic E-state index is 13.6. The van der Waals surface area contributed by atoms with E-state index < -0.39 is 31.9 Å². The molecule has 5 nitrogen and oxygen atoms in total. The molecule has 0 aliphatic carbocycles. The van der Waals surface area contributed by atoms with Gasteiger partial charge in [0.05, 0.1) is 24.9 Å². The molecule has 0 radical (unpaired) electrons. The van der Waals surface area contributed by atoms with Crippen molar-refractivity contribution < 1.29 is 23.3 Å². The van der Waals surface area contributed by atoms with Gasteiger partial charge >= 0.3 is 0 Å². The second-order valence-corrected chi connectivity index (χ2v) is 5.83. The number of hydrogen-bond acceptors (Lipinski definition) is 3. The van der Waals surface area contributed by atoms with E-state index in [2.05, 4.69) is 5.09 Å². The summed E-state index contributed by atoms with van der Waals surface area (Å²) in [7, 11) is -1.99.